The third-order valence-corrected chi connectivity index (χ3v) is 4.40. The van der Waals surface area contributed by atoms with Crippen LogP contribution in [0.5, 0.6) is 5.75 Å². The Balaban J connectivity index is 1.58. The number of amides is 1. The molecule has 0 radical (unpaired) electrons. The molecule has 1 aromatic heterocycles. The summed E-state index contributed by atoms with van der Waals surface area (Å²) in [7, 11) is 0. The van der Waals surface area contributed by atoms with Crippen molar-refractivity contribution in [2.75, 3.05) is 19.7 Å². The summed E-state index contributed by atoms with van der Waals surface area (Å²) in [5.74, 6) is 1.45. The van der Waals surface area contributed by atoms with Crippen molar-refractivity contribution in [3.8, 4) is 5.75 Å². The summed E-state index contributed by atoms with van der Waals surface area (Å²) < 4.78 is 20.5. The van der Waals surface area contributed by atoms with Gasteiger partial charge >= 0.3 is 0 Å². The number of aryl methyl sites for hydroxylation is 1. The average Bonchev–Trinajstić information content (AvgIpc) is 3.10. The SMILES string of the molecule is CCn1ccnc1C1CCCN(C(=O)COc2ccc(F)cc2)C1. The minimum absolute atomic E-state index is 0.0272. The number of hydrogen-bond donors (Lipinski definition) is 0. The van der Waals surface area contributed by atoms with Crippen LogP contribution in [0.25, 0.3) is 0 Å². The van der Waals surface area contributed by atoms with Crippen molar-refractivity contribution in [1.82, 2.24) is 14.5 Å². The van der Waals surface area contributed by atoms with Crippen LogP contribution >= 0.6 is 0 Å². The normalized spacial score (nSPS) is 17.8. The first-order valence-electron chi connectivity index (χ1n) is 8.34. The maximum absolute atomic E-state index is 12.9. The average molecular weight is 331 g/mol. The van der Waals surface area contributed by atoms with Gasteiger partial charge in [-0.15, -0.1) is 0 Å². The number of benzene rings is 1. The van der Waals surface area contributed by atoms with Gasteiger partial charge in [-0.05, 0) is 44.0 Å². The van der Waals surface area contributed by atoms with Crippen molar-refractivity contribution in [1.29, 1.82) is 0 Å². The molecular formula is C18H22FN3O2. The van der Waals surface area contributed by atoms with Gasteiger partial charge in [0.1, 0.15) is 17.4 Å². The first-order valence-corrected chi connectivity index (χ1v) is 8.34. The summed E-state index contributed by atoms with van der Waals surface area (Å²) in [6, 6.07) is 5.70. The highest BCUT2D eigenvalue weighted by Crippen LogP contribution is 2.26. The van der Waals surface area contributed by atoms with Crippen LogP contribution < -0.4 is 4.74 Å². The predicted octanol–water partition coefficient (Wildman–Crippen LogP) is 2.83. The first-order chi connectivity index (χ1) is 11.7. The second-order valence-corrected chi connectivity index (χ2v) is 5.99. The lowest BCUT2D eigenvalue weighted by atomic mass is 9.97. The molecule has 1 atom stereocenters. The van der Waals surface area contributed by atoms with E-state index in [-0.39, 0.29) is 24.2 Å². The van der Waals surface area contributed by atoms with Gasteiger partial charge in [0.2, 0.25) is 0 Å². The molecule has 1 unspecified atom stereocenters. The summed E-state index contributed by atoms with van der Waals surface area (Å²) >= 11 is 0. The van der Waals surface area contributed by atoms with E-state index in [2.05, 4.69) is 16.5 Å². The lowest BCUT2D eigenvalue weighted by molar-refractivity contribution is -0.134. The lowest BCUT2D eigenvalue weighted by Crippen LogP contribution is -2.42. The van der Waals surface area contributed by atoms with Gasteiger partial charge in [0.25, 0.3) is 5.91 Å². The first kappa shape index (κ1) is 16.5. The molecule has 1 saturated heterocycles. The second-order valence-electron chi connectivity index (χ2n) is 5.99. The molecule has 1 aliphatic rings. The molecule has 0 N–H and O–H groups in total. The Morgan fingerprint density at radius 3 is 2.92 bits per heavy atom. The summed E-state index contributed by atoms with van der Waals surface area (Å²) in [6.07, 6.45) is 5.80. The van der Waals surface area contributed by atoms with Crippen molar-refractivity contribution >= 4 is 5.91 Å². The van der Waals surface area contributed by atoms with E-state index >= 15 is 0 Å². The third kappa shape index (κ3) is 3.75. The number of rotatable bonds is 5. The van der Waals surface area contributed by atoms with Gasteiger partial charge in [-0.2, -0.15) is 0 Å². The Kier molecular flexibility index (Phi) is 5.13. The fraction of sp³-hybridized carbons (Fsp3) is 0.444. The van der Waals surface area contributed by atoms with Gasteiger partial charge in [0, 0.05) is 37.9 Å². The number of hydrogen-bond acceptors (Lipinski definition) is 3. The van der Waals surface area contributed by atoms with Gasteiger partial charge in [-0.3, -0.25) is 4.79 Å². The molecule has 1 aliphatic heterocycles. The largest absolute Gasteiger partial charge is 0.484 e. The molecule has 0 spiro atoms. The standard InChI is InChI=1S/C18H22FN3O2/c1-2-21-11-9-20-18(21)14-4-3-10-22(12-14)17(23)13-24-16-7-5-15(19)6-8-16/h5-9,11,14H,2-4,10,12-13H2,1H3. The number of aromatic nitrogens is 2. The topological polar surface area (TPSA) is 47.4 Å². The van der Waals surface area contributed by atoms with E-state index in [0.717, 1.165) is 31.8 Å². The van der Waals surface area contributed by atoms with Crippen LogP contribution in [0.2, 0.25) is 0 Å². The number of carbonyl (C=O) groups excluding carboxylic acids is 1. The summed E-state index contributed by atoms with van der Waals surface area (Å²) in [5, 5.41) is 0. The fourth-order valence-electron chi connectivity index (χ4n) is 3.13. The summed E-state index contributed by atoms with van der Waals surface area (Å²) in [4.78, 5) is 18.7. The molecule has 1 amide bonds. The molecule has 0 saturated carbocycles. The van der Waals surface area contributed by atoms with Crippen molar-refractivity contribution in [2.45, 2.75) is 32.2 Å². The van der Waals surface area contributed by atoms with Crippen LogP contribution in [0.1, 0.15) is 31.5 Å². The molecule has 128 valence electrons. The quantitative estimate of drug-likeness (QED) is 0.846. The molecule has 1 fully saturated rings. The zero-order chi connectivity index (χ0) is 16.9. The van der Waals surface area contributed by atoms with Crippen LogP contribution in [-0.4, -0.2) is 40.1 Å². The van der Waals surface area contributed by atoms with Gasteiger partial charge < -0.3 is 14.2 Å². The van der Waals surface area contributed by atoms with Crippen molar-refractivity contribution in [3.05, 3.63) is 48.3 Å². The van der Waals surface area contributed by atoms with E-state index in [1.807, 2.05) is 17.3 Å². The molecule has 2 aromatic rings. The highest BCUT2D eigenvalue weighted by Gasteiger charge is 2.27. The van der Waals surface area contributed by atoms with Crippen LogP contribution in [0, 0.1) is 5.82 Å². The third-order valence-electron chi connectivity index (χ3n) is 4.40. The van der Waals surface area contributed by atoms with Crippen LogP contribution in [-0.2, 0) is 11.3 Å². The molecule has 6 heteroatoms. The summed E-state index contributed by atoms with van der Waals surface area (Å²) in [5.41, 5.74) is 0. The smallest absolute Gasteiger partial charge is 0.260 e. The second kappa shape index (κ2) is 7.47. The number of likely N-dealkylation sites (tertiary alicyclic amines) is 1. The number of carbonyl (C=O) groups is 1. The minimum atomic E-state index is -0.320. The lowest BCUT2D eigenvalue weighted by Gasteiger charge is -2.32. The van der Waals surface area contributed by atoms with E-state index in [1.54, 1.807) is 0 Å². The number of imidazole rings is 1. The molecule has 0 aliphatic carbocycles. The van der Waals surface area contributed by atoms with Crippen molar-refractivity contribution < 1.29 is 13.9 Å². The number of nitrogens with zero attached hydrogens (tertiary/aromatic N) is 3. The van der Waals surface area contributed by atoms with Gasteiger partial charge in [-0.25, -0.2) is 9.37 Å². The van der Waals surface area contributed by atoms with Gasteiger partial charge in [-0.1, -0.05) is 0 Å². The Bertz CT molecular complexity index is 684. The van der Waals surface area contributed by atoms with Crippen molar-refractivity contribution in [2.24, 2.45) is 0 Å². The highest BCUT2D eigenvalue weighted by atomic mass is 19.1. The van der Waals surface area contributed by atoms with Crippen LogP contribution in [0.3, 0.4) is 0 Å². The van der Waals surface area contributed by atoms with E-state index in [0.29, 0.717) is 12.3 Å². The number of halogens is 1. The summed E-state index contributed by atoms with van der Waals surface area (Å²) in [6.45, 7) is 4.36. The van der Waals surface area contributed by atoms with Crippen LogP contribution in [0.4, 0.5) is 4.39 Å². The van der Waals surface area contributed by atoms with E-state index < -0.39 is 0 Å². The Labute approximate surface area is 141 Å². The maximum atomic E-state index is 12.9. The fourth-order valence-corrected chi connectivity index (χ4v) is 3.13. The zero-order valence-electron chi connectivity index (χ0n) is 13.8. The molecule has 0 bridgehead atoms. The minimum Gasteiger partial charge on any atom is -0.484 e. The van der Waals surface area contributed by atoms with Gasteiger partial charge in [0.05, 0.1) is 0 Å². The monoisotopic (exact) mass is 331 g/mol. The molecule has 24 heavy (non-hydrogen) atoms. The van der Waals surface area contributed by atoms with E-state index in [9.17, 15) is 9.18 Å². The Morgan fingerprint density at radius 2 is 2.17 bits per heavy atom. The maximum Gasteiger partial charge on any atom is 0.260 e. The van der Waals surface area contributed by atoms with E-state index in [1.165, 1.54) is 24.3 Å². The molecule has 2 heterocycles. The van der Waals surface area contributed by atoms with E-state index in [4.69, 9.17) is 4.74 Å². The molecule has 3 rings (SSSR count). The zero-order valence-corrected chi connectivity index (χ0v) is 13.8. The molecule has 1 aromatic carbocycles. The Hall–Kier alpha value is -2.37. The highest BCUT2D eigenvalue weighted by molar-refractivity contribution is 5.78. The number of ether oxygens (including phenoxy) is 1. The predicted molar refractivity (Wildman–Crippen MR) is 88.4 cm³/mol. The Morgan fingerprint density at radius 1 is 1.38 bits per heavy atom. The number of piperidine rings is 1. The molecular weight excluding hydrogens is 309 g/mol. The van der Waals surface area contributed by atoms with Crippen LogP contribution in [0.15, 0.2) is 36.7 Å². The molecule has 5 nitrogen and oxygen atoms in total. The van der Waals surface area contributed by atoms with Gasteiger partial charge in [0.15, 0.2) is 6.61 Å². The van der Waals surface area contributed by atoms with Crippen molar-refractivity contribution in [3.63, 3.8) is 0 Å².